The molecule has 0 aromatic heterocycles. The van der Waals surface area contributed by atoms with Crippen molar-refractivity contribution < 1.29 is 17.9 Å². The van der Waals surface area contributed by atoms with E-state index in [1.807, 2.05) is 13.8 Å². The summed E-state index contributed by atoms with van der Waals surface area (Å²) in [6.07, 6.45) is 0.691. The number of hydrogen-bond acceptors (Lipinski definition) is 4. The Balaban J connectivity index is 2.50. The van der Waals surface area contributed by atoms with Crippen LogP contribution >= 0.6 is 0 Å². The number of benzene rings is 1. The summed E-state index contributed by atoms with van der Waals surface area (Å²) in [5, 5.41) is 2.68. The summed E-state index contributed by atoms with van der Waals surface area (Å²) < 4.78 is 31.9. The lowest BCUT2D eigenvalue weighted by Crippen LogP contribution is -2.45. The molecular weight excluding hydrogens is 304 g/mol. The van der Waals surface area contributed by atoms with Gasteiger partial charge in [-0.2, -0.15) is 4.72 Å². The van der Waals surface area contributed by atoms with Crippen molar-refractivity contribution in [2.75, 3.05) is 19.8 Å². The third kappa shape index (κ3) is 6.13. The third-order valence-electron chi connectivity index (χ3n) is 3.03. The Bertz CT molecular complexity index is 570. The Labute approximate surface area is 132 Å². The first-order valence-electron chi connectivity index (χ1n) is 7.31. The fourth-order valence-corrected chi connectivity index (χ4v) is 2.96. The molecule has 0 heterocycles. The van der Waals surface area contributed by atoms with Gasteiger partial charge in [0.05, 0.1) is 10.9 Å². The van der Waals surface area contributed by atoms with Crippen molar-refractivity contribution in [1.82, 2.24) is 10.0 Å². The van der Waals surface area contributed by atoms with Gasteiger partial charge >= 0.3 is 0 Å². The Kier molecular flexibility index (Phi) is 7.50. The Morgan fingerprint density at radius 2 is 1.91 bits per heavy atom. The molecule has 0 saturated carbocycles. The minimum atomic E-state index is -3.70. The summed E-state index contributed by atoms with van der Waals surface area (Å²) in [6, 6.07) is 5.63. The number of carbonyl (C=O) groups is 1. The van der Waals surface area contributed by atoms with Crippen molar-refractivity contribution in [2.45, 2.75) is 38.1 Å². The fourth-order valence-electron chi connectivity index (χ4n) is 1.75. The molecule has 2 N–H and O–H groups in total. The van der Waals surface area contributed by atoms with Crippen molar-refractivity contribution in [3.63, 3.8) is 0 Å². The van der Waals surface area contributed by atoms with E-state index in [0.717, 1.165) is 5.56 Å². The minimum absolute atomic E-state index is 0.147. The van der Waals surface area contributed by atoms with Crippen LogP contribution in [0.1, 0.15) is 25.8 Å². The van der Waals surface area contributed by atoms with Crippen LogP contribution in [0, 0.1) is 6.92 Å². The summed E-state index contributed by atoms with van der Waals surface area (Å²) in [5.74, 6) is -0.354. The molecule has 0 saturated heterocycles. The Hall–Kier alpha value is -1.44. The molecule has 1 rings (SSSR count). The molecule has 0 aliphatic heterocycles. The fraction of sp³-hybridized carbons (Fsp3) is 0.533. The lowest BCUT2D eigenvalue weighted by molar-refractivity contribution is -0.122. The van der Waals surface area contributed by atoms with Crippen molar-refractivity contribution >= 4 is 15.9 Å². The van der Waals surface area contributed by atoms with Gasteiger partial charge in [0.2, 0.25) is 15.9 Å². The van der Waals surface area contributed by atoms with Gasteiger partial charge in [-0.15, -0.1) is 0 Å². The number of rotatable bonds is 9. The highest BCUT2D eigenvalue weighted by Crippen LogP contribution is 2.10. The van der Waals surface area contributed by atoms with Crippen LogP contribution in [0.5, 0.6) is 0 Å². The molecule has 0 spiro atoms. The average molecular weight is 328 g/mol. The van der Waals surface area contributed by atoms with Crippen LogP contribution in [0.4, 0.5) is 0 Å². The highest BCUT2D eigenvalue weighted by atomic mass is 32.2. The smallest absolute Gasteiger partial charge is 0.241 e. The van der Waals surface area contributed by atoms with E-state index in [1.54, 1.807) is 12.1 Å². The number of hydrogen-bond donors (Lipinski definition) is 2. The standard InChI is InChI=1S/C15H24N2O4S/c1-4-21-11-5-10-16-15(18)13(3)17-22(19,20)14-8-6-12(2)7-9-14/h6-9,13,17H,4-5,10-11H2,1-3H3,(H,16,18)/t13-/m0/s1. The largest absolute Gasteiger partial charge is 0.382 e. The first-order chi connectivity index (χ1) is 10.4. The summed E-state index contributed by atoms with van der Waals surface area (Å²) in [4.78, 5) is 12.0. The lowest BCUT2D eigenvalue weighted by atomic mass is 10.2. The van der Waals surface area contributed by atoms with E-state index in [1.165, 1.54) is 19.1 Å². The monoisotopic (exact) mass is 328 g/mol. The Morgan fingerprint density at radius 3 is 2.50 bits per heavy atom. The van der Waals surface area contributed by atoms with E-state index in [2.05, 4.69) is 10.0 Å². The van der Waals surface area contributed by atoms with E-state index >= 15 is 0 Å². The van der Waals surface area contributed by atoms with Gasteiger partial charge in [-0.3, -0.25) is 4.79 Å². The minimum Gasteiger partial charge on any atom is -0.382 e. The highest BCUT2D eigenvalue weighted by molar-refractivity contribution is 7.89. The predicted molar refractivity (Wildman–Crippen MR) is 85.1 cm³/mol. The molecule has 1 atom stereocenters. The third-order valence-corrected chi connectivity index (χ3v) is 4.58. The van der Waals surface area contributed by atoms with Crippen molar-refractivity contribution in [3.05, 3.63) is 29.8 Å². The maximum absolute atomic E-state index is 12.2. The summed E-state index contributed by atoms with van der Waals surface area (Å²) >= 11 is 0. The zero-order valence-corrected chi connectivity index (χ0v) is 14.1. The average Bonchev–Trinajstić information content (AvgIpc) is 2.46. The molecule has 0 aliphatic carbocycles. The van der Waals surface area contributed by atoms with Gasteiger partial charge in [-0.05, 0) is 39.3 Å². The molecule has 1 aromatic rings. The summed E-state index contributed by atoms with van der Waals surface area (Å²) in [6.45, 7) is 6.96. The molecule has 1 amide bonds. The second kappa shape index (κ2) is 8.87. The molecule has 0 aliphatic rings. The maximum atomic E-state index is 12.2. The molecule has 0 fully saturated rings. The van der Waals surface area contributed by atoms with Crippen molar-refractivity contribution in [3.8, 4) is 0 Å². The van der Waals surface area contributed by atoms with Gasteiger partial charge in [0.25, 0.3) is 0 Å². The maximum Gasteiger partial charge on any atom is 0.241 e. The number of nitrogens with one attached hydrogen (secondary N) is 2. The van der Waals surface area contributed by atoms with Crippen LogP contribution in [-0.2, 0) is 19.6 Å². The van der Waals surface area contributed by atoms with Gasteiger partial charge in [-0.25, -0.2) is 8.42 Å². The topological polar surface area (TPSA) is 84.5 Å². The van der Waals surface area contributed by atoms with E-state index in [-0.39, 0.29) is 10.8 Å². The quantitative estimate of drug-likeness (QED) is 0.667. The number of ether oxygens (including phenoxy) is 1. The molecule has 0 radical (unpaired) electrons. The van der Waals surface area contributed by atoms with Gasteiger partial charge < -0.3 is 10.1 Å². The molecule has 0 unspecified atom stereocenters. The molecular formula is C15H24N2O4S. The number of aryl methyl sites for hydroxylation is 1. The first kappa shape index (κ1) is 18.6. The second-order valence-electron chi connectivity index (χ2n) is 5.00. The zero-order chi connectivity index (χ0) is 16.6. The summed E-state index contributed by atoms with van der Waals surface area (Å²) in [7, 11) is -3.70. The molecule has 1 aromatic carbocycles. The molecule has 7 heteroatoms. The zero-order valence-electron chi connectivity index (χ0n) is 13.3. The van der Waals surface area contributed by atoms with Crippen LogP contribution in [-0.4, -0.2) is 40.1 Å². The molecule has 0 bridgehead atoms. The van der Waals surface area contributed by atoms with Gasteiger partial charge in [-0.1, -0.05) is 17.7 Å². The van der Waals surface area contributed by atoms with Crippen LogP contribution in [0.2, 0.25) is 0 Å². The van der Waals surface area contributed by atoms with Crippen LogP contribution in [0.3, 0.4) is 0 Å². The number of carbonyl (C=O) groups excluding carboxylic acids is 1. The number of amides is 1. The van der Waals surface area contributed by atoms with Crippen molar-refractivity contribution in [2.24, 2.45) is 0 Å². The summed E-state index contributed by atoms with van der Waals surface area (Å²) in [5.41, 5.74) is 0.971. The normalized spacial score (nSPS) is 12.9. The van der Waals surface area contributed by atoms with Gasteiger partial charge in [0.15, 0.2) is 0 Å². The predicted octanol–water partition coefficient (Wildman–Crippen LogP) is 1.20. The van der Waals surface area contributed by atoms with Crippen LogP contribution in [0.25, 0.3) is 0 Å². The van der Waals surface area contributed by atoms with Gasteiger partial charge in [0, 0.05) is 19.8 Å². The second-order valence-corrected chi connectivity index (χ2v) is 6.71. The lowest BCUT2D eigenvalue weighted by Gasteiger charge is -2.14. The van der Waals surface area contributed by atoms with E-state index in [4.69, 9.17) is 4.74 Å². The van der Waals surface area contributed by atoms with E-state index in [0.29, 0.717) is 26.2 Å². The molecule has 22 heavy (non-hydrogen) atoms. The Morgan fingerprint density at radius 1 is 1.27 bits per heavy atom. The molecule has 6 nitrogen and oxygen atoms in total. The highest BCUT2D eigenvalue weighted by Gasteiger charge is 2.21. The SMILES string of the molecule is CCOCCCNC(=O)[C@H](C)NS(=O)(=O)c1ccc(C)cc1. The van der Waals surface area contributed by atoms with Gasteiger partial charge in [0.1, 0.15) is 0 Å². The van der Waals surface area contributed by atoms with Crippen LogP contribution < -0.4 is 10.0 Å². The molecule has 124 valence electrons. The van der Waals surface area contributed by atoms with Crippen molar-refractivity contribution in [1.29, 1.82) is 0 Å². The number of sulfonamides is 1. The first-order valence-corrected chi connectivity index (χ1v) is 8.79. The van der Waals surface area contributed by atoms with E-state index in [9.17, 15) is 13.2 Å². The van der Waals surface area contributed by atoms with E-state index < -0.39 is 16.1 Å². The van der Waals surface area contributed by atoms with Crippen LogP contribution in [0.15, 0.2) is 29.2 Å².